The number of nitrogens with zero attached hydrogens (tertiary/aromatic N) is 1. The van der Waals surface area contributed by atoms with Crippen molar-refractivity contribution < 1.29 is 5.11 Å². The number of hydrogen-bond donors (Lipinski definition) is 2. The fourth-order valence-electron chi connectivity index (χ4n) is 1.43. The third-order valence-electron chi connectivity index (χ3n) is 2.18. The molecule has 0 radical (unpaired) electrons. The third-order valence-corrected chi connectivity index (χ3v) is 3.04. The molecular formula is C11H11BrN2O. The van der Waals surface area contributed by atoms with Crippen LogP contribution in [-0.4, -0.2) is 21.9 Å². The number of H-pyrrole nitrogens is 1. The van der Waals surface area contributed by atoms with Crippen LogP contribution in [0, 0.1) is 0 Å². The van der Waals surface area contributed by atoms with Crippen molar-refractivity contribution in [3.05, 3.63) is 40.5 Å². The first-order valence-electron chi connectivity index (χ1n) is 4.72. The van der Waals surface area contributed by atoms with Crippen molar-refractivity contribution in [3.8, 4) is 11.3 Å². The number of benzene rings is 1. The van der Waals surface area contributed by atoms with Crippen molar-refractivity contribution in [2.24, 2.45) is 0 Å². The summed E-state index contributed by atoms with van der Waals surface area (Å²) in [5.74, 6) is 0. The fourth-order valence-corrected chi connectivity index (χ4v) is 2.03. The Kier molecular flexibility index (Phi) is 3.18. The minimum atomic E-state index is 0.120. The molecule has 1 heterocycles. The first kappa shape index (κ1) is 10.4. The molecule has 0 fully saturated rings. The molecule has 0 bridgehead atoms. The Morgan fingerprint density at radius 2 is 2.00 bits per heavy atom. The predicted molar refractivity (Wildman–Crippen MR) is 62.5 cm³/mol. The highest BCUT2D eigenvalue weighted by atomic mass is 79.9. The molecule has 2 rings (SSSR count). The maximum Gasteiger partial charge on any atom is 0.107 e. The van der Waals surface area contributed by atoms with Gasteiger partial charge in [-0.05, 0) is 15.9 Å². The van der Waals surface area contributed by atoms with Gasteiger partial charge in [0.05, 0.1) is 10.2 Å². The SMILES string of the molecule is OCCc1[nH]nc(-c2ccccc2)c1Br. The van der Waals surface area contributed by atoms with Crippen LogP contribution < -0.4 is 0 Å². The Hall–Kier alpha value is -1.13. The van der Waals surface area contributed by atoms with E-state index >= 15 is 0 Å². The maximum absolute atomic E-state index is 8.86. The molecular weight excluding hydrogens is 256 g/mol. The van der Waals surface area contributed by atoms with Gasteiger partial charge in [-0.1, -0.05) is 30.3 Å². The summed E-state index contributed by atoms with van der Waals surface area (Å²) in [6.45, 7) is 0.120. The maximum atomic E-state index is 8.86. The van der Waals surface area contributed by atoms with Gasteiger partial charge in [-0.15, -0.1) is 0 Å². The van der Waals surface area contributed by atoms with E-state index in [2.05, 4.69) is 26.1 Å². The van der Waals surface area contributed by atoms with Crippen LogP contribution in [-0.2, 0) is 6.42 Å². The topological polar surface area (TPSA) is 48.9 Å². The molecule has 0 atom stereocenters. The van der Waals surface area contributed by atoms with Crippen LogP contribution in [0.4, 0.5) is 0 Å². The van der Waals surface area contributed by atoms with Gasteiger partial charge >= 0.3 is 0 Å². The van der Waals surface area contributed by atoms with E-state index in [4.69, 9.17) is 5.11 Å². The average molecular weight is 267 g/mol. The van der Waals surface area contributed by atoms with Gasteiger partial charge in [0.25, 0.3) is 0 Å². The number of aromatic amines is 1. The lowest BCUT2D eigenvalue weighted by Crippen LogP contribution is -1.91. The standard InChI is InChI=1S/C11H11BrN2O/c12-10-9(6-7-15)13-14-11(10)8-4-2-1-3-5-8/h1-5,15H,6-7H2,(H,13,14). The molecule has 0 saturated heterocycles. The second kappa shape index (κ2) is 4.59. The molecule has 15 heavy (non-hydrogen) atoms. The van der Waals surface area contributed by atoms with Crippen molar-refractivity contribution in [3.63, 3.8) is 0 Å². The quantitative estimate of drug-likeness (QED) is 0.896. The van der Waals surface area contributed by atoms with E-state index in [-0.39, 0.29) is 6.61 Å². The van der Waals surface area contributed by atoms with Gasteiger partial charge in [-0.3, -0.25) is 5.10 Å². The molecule has 0 spiro atoms. The molecule has 2 aromatic rings. The van der Waals surface area contributed by atoms with Crippen molar-refractivity contribution in [1.29, 1.82) is 0 Å². The zero-order valence-corrected chi connectivity index (χ0v) is 9.66. The van der Waals surface area contributed by atoms with Crippen molar-refractivity contribution >= 4 is 15.9 Å². The first-order valence-corrected chi connectivity index (χ1v) is 5.51. The van der Waals surface area contributed by atoms with Crippen LogP contribution in [0.15, 0.2) is 34.8 Å². The molecule has 78 valence electrons. The number of aliphatic hydroxyl groups is 1. The van der Waals surface area contributed by atoms with E-state index in [1.54, 1.807) is 0 Å². The second-order valence-corrected chi connectivity index (χ2v) is 4.00. The molecule has 1 aromatic carbocycles. The van der Waals surface area contributed by atoms with Crippen LogP contribution in [0.2, 0.25) is 0 Å². The third kappa shape index (κ3) is 2.11. The van der Waals surface area contributed by atoms with Gasteiger partial charge in [0.2, 0.25) is 0 Å². The van der Waals surface area contributed by atoms with E-state index in [1.807, 2.05) is 30.3 Å². The summed E-state index contributed by atoms with van der Waals surface area (Å²) in [4.78, 5) is 0. The summed E-state index contributed by atoms with van der Waals surface area (Å²) in [6, 6.07) is 9.93. The molecule has 0 aliphatic carbocycles. The summed E-state index contributed by atoms with van der Waals surface area (Å²) in [6.07, 6.45) is 0.584. The number of nitrogens with one attached hydrogen (secondary N) is 1. The van der Waals surface area contributed by atoms with Crippen LogP contribution in [0.3, 0.4) is 0 Å². The number of aromatic nitrogens is 2. The minimum absolute atomic E-state index is 0.120. The number of rotatable bonds is 3. The predicted octanol–water partition coefficient (Wildman–Crippen LogP) is 2.37. The fraction of sp³-hybridized carbons (Fsp3) is 0.182. The molecule has 0 aliphatic heterocycles. The van der Waals surface area contributed by atoms with Crippen molar-refractivity contribution in [2.75, 3.05) is 6.61 Å². The van der Waals surface area contributed by atoms with Gasteiger partial charge in [-0.25, -0.2) is 0 Å². The summed E-state index contributed by atoms with van der Waals surface area (Å²) in [5.41, 5.74) is 2.88. The molecule has 0 saturated carbocycles. The molecule has 0 amide bonds. The van der Waals surface area contributed by atoms with E-state index in [9.17, 15) is 0 Å². The van der Waals surface area contributed by atoms with E-state index in [0.717, 1.165) is 21.4 Å². The highest BCUT2D eigenvalue weighted by Crippen LogP contribution is 2.28. The second-order valence-electron chi connectivity index (χ2n) is 3.20. The Labute approximate surface area is 96.3 Å². The summed E-state index contributed by atoms with van der Waals surface area (Å²) >= 11 is 3.48. The molecule has 0 unspecified atom stereocenters. The normalized spacial score (nSPS) is 10.5. The molecule has 3 nitrogen and oxygen atoms in total. The lowest BCUT2D eigenvalue weighted by atomic mass is 10.1. The van der Waals surface area contributed by atoms with Crippen LogP contribution >= 0.6 is 15.9 Å². The largest absolute Gasteiger partial charge is 0.396 e. The lowest BCUT2D eigenvalue weighted by Gasteiger charge is -1.97. The van der Waals surface area contributed by atoms with Crippen LogP contribution in [0.1, 0.15) is 5.69 Å². The number of aliphatic hydroxyl groups excluding tert-OH is 1. The number of hydrogen-bond acceptors (Lipinski definition) is 2. The van der Waals surface area contributed by atoms with Gasteiger partial charge in [-0.2, -0.15) is 5.10 Å². The Balaban J connectivity index is 2.38. The van der Waals surface area contributed by atoms with Crippen molar-refractivity contribution in [1.82, 2.24) is 10.2 Å². The lowest BCUT2D eigenvalue weighted by molar-refractivity contribution is 0.298. The highest BCUT2D eigenvalue weighted by Gasteiger charge is 2.11. The average Bonchev–Trinajstić information content (AvgIpc) is 2.63. The monoisotopic (exact) mass is 266 g/mol. The molecule has 0 aliphatic rings. The Morgan fingerprint density at radius 3 is 2.67 bits per heavy atom. The van der Waals surface area contributed by atoms with Crippen molar-refractivity contribution in [2.45, 2.75) is 6.42 Å². The Morgan fingerprint density at radius 1 is 1.27 bits per heavy atom. The van der Waals surface area contributed by atoms with Crippen LogP contribution in [0.5, 0.6) is 0 Å². The summed E-state index contributed by atoms with van der Waals surface area (Å²) < 4.78 is 0.933. The number of halogens is 1. The smallest absolute Gasteiger partial charge is 0.107 e. The van der Waals surface area contributed by atoms with Gasteiger partial charge < -0.3 is 5.11 Å². The van der Waals surface area contributed by atoms with Crippen LogP contribution in [0.25, 0.3) is 11.3 Å². The zero-order chi connectivity index (χ0) is 10.7. The molecule has 2 N–H and O–H groups in total. The van der Waals surface area contributed by atoms with E-state index < -0.39 is 0 Å². The van der Waals surface area contributed by atoms with E-state index in [1.165, 1.54) is 0 Å². The highest BCUT2D eigenvalue weighted by molar-refractivity contribution is 9.10. The summed E-state index contributed by atoms with van der Waals surface area (Å²) in [5, 5.41) is 16.0. The summed E-state index contributed by atoms with van der Waals surface area (Å²) in [7, 11) is 0. The Bertz CT molecular complexity index is 439. The van der Waals surface area contributed by atoms with Gasteiger partial charge in [0, 0.05) is 18.6 Å². The first-order chi connectivity index (χ1) is 7.33. The van der Waals surface area contributed by atoms with E-state index in [0.29, 0.717) is 6.42 Å². The van der Waals surface area contributed by atoms with Gasteiger partial charge in [0.15, 0.2) is 0 Å². The molecule has 1 aromatic heterocycles. The zero-order valence-electron chi connectivity index (χ0n) is 8.07. The van der Waals surface area contributed by atoms with Gasteiger partial charge in [0.1, 0.15) is 5.69 Å². The minimum Gasteiger partial charge on any atom is -0.396 e. The molecule has 4 heteroatoms.